The molecule has 9 heavy (non-hydrogen) atoms. The van der Waals surface area contributed by atoms with Crippen LogP contribution in [0.25, 0.3) is 0 Å². The van der Waals surface area contributed by atoms with Gasteiger partial charge < -0.3 is 0 Å². The van der Waals surface area contributed by atoms with Gasteiger partial charge in [-0.2, -0.15) is 0 Å². The Kier molecular flexibility index (Phi) is 5.73. The molecule has 0 aromatic carbocycles. The average molecular weight is 143 g/mol. The van der Waals surface area contributed by atoms with Crippen LogP contribution in [0.15, 0.2) is 16.6 Å². The summed E-state index contributed by atoms with van der Waals surface area (Å²) in [6.07, 6.45) is 5.75. The number of hydrogen-bond donors (Lipinski definition) is 0. The van der Waals surface area contributed by atoms with E-state index >= 15 is 0 Å². The zero-order valence-electron chi connectivity index (χ0n) is 6.16. The molecule has 0 aromatic rings. The summed E-state index contributed by atoms with van der Waals surface area (Å²) in [7, 11) is 0. The molecule has 0 bridgehead atoms. The van der Waals surface area contributed by atoms with Crippen LogP contribution < -0.4 is 0 Å². The van der Waals surface area contributed by atoms with E-state index in [1.54, 1.807) is 11.8 Å². The van der Waals surface area contributed by atoms with Gasteiger partial charge in [0, 0.05) is 12.4 Å². The maximum absolute atomic E-state index is 4.03. The molecule has 0 radical (unpaired) electrons. The van der Waals surface area contributed by atoms with Crippen molar-refractivity contribution in [3.05, 3.63) is 11.6 Å². The first kappa shape index (κ1) is 8.76. The van der Waals surface area contributed by atoms with Gasteiger partial charge in [-0.05, 0) is 17.6 Å². The summed E-state index contributed by atoms with van der Waals surface area (Å²) in [5, 5.41) is 1.96. The topological polar surface area (TPSA) is 12.4 Å². The standard InChI is InChI=1S/C7H13NS/c1-7(2)6-8-4-5-9-3/h4-7H,1-3H3/b5-4-,8-6?. The van der Waals surface area contributed by atoms with E-state index < -0.39 is 0 Å². The maximum Gasteiger partial charge on any atom is 0.0326 e. The molecule has 0 amide bonds. The monoisotopic (exact) mass is 143 g/mol. The first-order chi connectivity index (χ1) is 4.27. The van der Waals surface area contributed by atoms with Crippen LogP contribution in [0.1, 0.15) is 13.8 Å². The van der Waals surface area contributed by atoms with Crippen molar-refractivity contribution >= 4 is 18.0 Å². The van der Waals surface area contributed by atoms with Gasteiger partial charge in [0.2, 0.25) is 0 Å². The lowest BCUT2D eigenvalue weighted by Crippen LogP contribution is -1.84. The van der Waals surface area contributed by atoms with Crippen LogP contribution in [0.4, 0.5) is 0 Å². The Hall–Kier alpha value is -0.240. The van der Waals surface area contributed by atoms with Crippen LogP contribution in [0.2, 0.25) is 0 Å². The molecule has 0 aliphatic carbocycles. The van der Waals surface area contributed by atoms with Crippen molar-refractivity contribution in [2.75, 3.05) is 6.26 Å². The van der Waals surface area contributed by atoms with E-state index in [1.807, 2.05) is 24.1 Å². The Bertz CT molecular complexity index is 105. The van der Waals surface area contributed by atoms with E-state index in [2.05, 4.69) is 18.8 Å². The lowest BCUT2D eigenvalue weighted by molar-refractivity contribution is 0.907. The van der Waals surface area contributed by atoms with Crippen LogP contribution in [-0.4, -0.2) is 12.5 Å². The lowest BCUT2D eigenvalue weighted by atomic mass is 10.3. The molecule has 0 heterocycles. The molecular formula is C7H13NS. The molecule has 0 fully saturated rings. The molecule has 52 valence electrons. The predicted molar refractivity (Wildman–Crippen MR) is 46.0 cm³/mol. The Labute approximate surface area is 61.3 Å². The number of aliphatic imine (C=N–C) groups is 1. The summed E-state index contributed by atoms with van der Waals surface area (Å²) in [5.41, 5.74) is 0. The third kappa shape index (κ3) is 7.76. The normalized spacial score (nSPS) is 12.4. The fraction of sp³-hybridized carbons (Fsp3) is 0.571. The third-order valence-electron chi connectivity index (χ3n) is 0.667. The molecule has 0 saturated heterocycles. The van der Waals surface area contributed by atoms with Gasteiger partial charge in [0.15, 0.2) is 0 Å². The van der Waals surface area contributed by atoms with Gasteiger partial charge in [-0.15, -0.1) is 11.8 Å². The van der Waals surface area contributed by atoms with Crippen molar-refractivity contribution in [1.82, 2.24) is 0 Å². The van der Waals surface area contributed by atoms with Gasteiger partial charge in [-0.1, -0.05) is 13.8 Å². The summed E-state index contributed by atoms with van der Waals surface area (Å²) in [5.74, 6) is 0.552. The second-order valence-electron chi connectivity index (χ2n) is 2.06. The second kappa shape index (κ2) is 5.89. The maximum atomic E-state index is 4.03. The number of rotatable bonds is 3. The number of thioether (sulfide) groups is 1. The molecular weight excluding hydrogens is 130 g/mol. The fourth-order valence-electron chi connectivity index (χ4n) is 0.318. The van der Waals surface area contributed by atoms with E-state index in [4.69, 9.17) is 0 Å². The van der Waals surface area contributed by atoms with E-state index in [9.17, 15) is 0 Å². The first-order valence-corrected chi connectivity index (χ1v) is 4.27. The van der Waals surface area contributed by atoms with E-state index in [-0.39, 0.29) is 0 Å². The second-order valence-corrected chi connectivity index (χ2v) is 2.81. The Morgan fingerprint density at radius 3 is 2.56 bits per heavy atom. The average Bonchev–Trinajstić information content (AvgIpc) is 1.80. The molecule has 2 heteroatoms. The van der Waals surface area contributed by atoms with Crippen molar-refractivity contribution in [2.45, 2.75) is 13.8 Å². The molecule has 0 N–H and O–H groups in total. The molecule has 0 aliphatic rings. The molecule has 0 aromatic heterocycles. The number of hydrogen-bond acceptors (Lipinski definition) is 2. The van der Waals surface area contributed by atoms with Crippen molar-refractivity contribution in [1.29, 1.82) is 0 Å². The summed E-state index contributed by atoms with van der Waals surface area (Å²) in [6.45, 7) is 4.22. The van der Waals surface area contributed by atoms with Crippen molar-refractivity contribution in [2.24, 2.45) is 10.9 Å². The molecule has 0 rings (SSSR count). The van der Waals surface area contributed by atoms with Crippen LogP contribution in [0, 0.1) is 5.92 Å². The van der Waals surface area contributed by atoms with Crippen molar-refractivity contribution in [3.63, 3.8) is 0 Å². The minimum Gasteiger partial charge on any atom is -0.268 e. The highest BCUT2D eigenvalue weighted by molar-refractivity contribution is 8.01. The summed E-state index contributed by atoms with van der Waals surface area (Å²) in [6, 6.07) is 0. The predicted octanol–water partition coefficient (Wildman–Crippen LogP) is 2.55. The lowest BCUT2D eigenvalue weighted by Gasteiger charge is -1.87. The highest BCUT2D eigenvalue weighted by atomic mass is 32.2. The van der Waals surface area contributed by atoms with Gasteiger partial charge in [-0.25, -0.2) is 0 Å². The minimum absolute atomic E-state index is 0.552. The van der Waals surface area contributed by atoms with Gasteiger partial charge in [0.05, 0.1) is 0 Å². The Balaban J connectivity index is 3.35. The molecule has 0 spiro atoms. The SMILES string of the molecule is CS/C=C\N=CC(C)C. The van der Waals surface area contributed by atoms with Gasteiger partial charge >= 0.3 is 0 Å². The highest BCUT2D eigenvalue weighted by Crippen LogP contribution is 1.93. The van der Waals surface area contributed by atoms with Gasteiger partial charge in [0.1, 0.15) is 0 Å². The van der Waals surface area contributed by atoms with Gasteiger partial charge in [-0.3, -0.25) is 4.99 Å². The van der Waals surface area contributed by atoms with Crippen molar-refractivity contribution in [3.8, 4) is 0 Å². The fourth-order valence-corrected chi connectivity index (χ4v) is 0.510. The molecule has 1 nitrogen and oxygen atoms in total. The Morgan fingerprint density at radius 2 is 2.11 bits per heavy atom. The van der Waals surface area contributed by atoms with E-state index in [1.165, 1.54) is 0 Å². The van der Waals surface area contributed by atoms with Crippen LogP contribution >= 0.6 is 11.8 Å². The highest BCUT2D eigenvalue weighted by Gasteiger charge is 1.79. The largest absolute Gasteiger partial charge is 0.268 e. The summed E-state index contributed by atoms with van der Waals surface area (Å²) >= 11 is 1.66. The number of nitrogens with zero attached hydrogens (tertiary/aromatic N) is 1. The van der Waals surface area contributed by atoms with Crippen LogP contribution in [0.3, 0.4) is 0 Å². The Morgan fingerprint density at radius 1 is 1.44 bits per heavy atom. The minimum atomic E-state index is 0.552. The molecule has 0 atom stereocenters. The first-order valence-electron chi connectivity index (χ1n) is 2.98. The molecule has 0 aliphatic heterocycles. The zero-order chi connectivity index (χ0) is 7.11. The third-order valence-corrected chi connectivity index (χ3v) is 1.06. The molecule has 0 saturated carbocycles. The van der Waals surface area contributed by atoms with Crippen LogP contribution in [0.5, 0.6) is 0 Å². The van der Waals surface area contributed by atoms with E-state index in [0.29, 0.717) is 5.92 Å². The van der Waals surface area contributed by atoms with Gasteiger partial charge in [0.25, 0.3) is 0 Å². The summed E-state index contributed by atoms with van der Waals surface area (Å²) in [4.78, 5) is 4.03. The van der Waals surface area contributed by atoms with Crippen LogP contribution in [-0.2, 0) is 0 Å². The quantitative estimate of drug-likeness (QED) is 0.553. The smallest absolute Gasteiger partial charge is 0.0326 e. The van der Waals surface area contributed by atoms with Crippen molar-refractivity contribution < 1.29 is 0 Å². The molecule has 0 unspecified atom stereocenters. The van der Waals surface area contributed by atoms with E-state index in [0.717, 1.165) is 0 Å². The summed E-state index contributed by atoms with van der Waals surface area (Å²) < 4.78 is 0. The zero-order valence-corrected chi connectivity index (χ0v) is 6.98.